The number of benzene rings is 2. The fourth-order valence-corrected chi connectivity index (χ4v) is 5.74. The molecule has 1 fully saturated rings. The minimum atomic E-state index is -3.20. The van der Waals surface area contributed by atoms with Crippen molar-refractivity contribution >= 4 is 34.0 Å². The number of sulfonamides is 1. The molecule has 0 radical (unpaired) electrons. The molecule has 2 aliphatic carbocycles. The van der Waals surface area contributed by atoms with Crippen molar-refractivity contribution in [3.63, 3.8) is 0 Å². The van der Waals surface area contributed by atoms with Crippen LogP contribution >= 0.6 is 24.0 Å². The third kappa shape index (κ3) is 6.83. The molecule has 2 aromatic carbocycles. The van der Waals surface area contributed by atoms with Crippen LogP contribution in [-0.2, 0) is 22.9 Å². The quantitative estimate of drug-likeness (QED) is 0.525. The number of nitrogens with two attached hydrogens (primary N) is 1. The molecule has 0 bridgehead atoms. The van der Waals surface area contributed by atoms with Crippen molar-refractivity contribution in [3.05, 3.63) is 64.2 Å². The Labute approximate surface area is 196 Å². The zero-order chi connectivity index (χ0) is 21.1. The zero-order valence-electron chi connectivity index (χ0n) is 17.4. The SMILES string of the molecule is Cl.NC1CCc2ccc(OCCNS(=O)(=O)CC3CC3)cc2C1Cc1ccc(Cl)cc1. The Balaban J connectivity index is 0.00000272. The summed E-state index contributed by atoms with van der Waals surface area (Å²) in [6.07, 6.45) is 4.83. The van der Waals surface area contributed by atoms with Gasteiger partial charge in [-0.05, 0) is 79.0 Å². The van der Waals surface area contributed by atoms with Crippen LogP contribution in [0, 0.1) is 5.92 Å². The Bertz CT molecular complexity index is 979. The van der Waals surface area contributed by atoms with E-state index in [0.29, 0.717) is 12.5 Å². The third-order valence-corrected chi connectivity index (χ3v) is 7.80. The van der Waals surface area contributed by atoms with Gasteiger partial charge in [-0.15, -0.1) is 12.4 Å². The summed E-state index contributed by atoms with van der Waals surface area (Å²) in [7, 11) is -3.20. The molecule has 2 unspecified atom stereocenters. The van der Waals surface area contributed by atoms with Crippen molar-refractivity contribution in [2.75, 3.05) is 18.9 Å². The number of hydrogen-bond acceptors (Lipinski definition) is 4. The maximum atomic E-state index is 12.0. The molecule has 2 atom stereocenters. The molecule has 0 saturated heterocycles. The lowest BCUT2D eigenvalue weighted by molar-refractivity contribution is 0.321. The van der Waals surface area contributed by atoms with Crippen LogP contribution < -0.4 is 15.2 Å². The van der Waals surface area contributed by atoms with Crippen molar-refractivity contribution in [3.8, 4) is 5.75 Å². The second kappa shape index (κ2) is 10.5. The molecule has 4 rings (SSSR count). The zero-order valence-corrected chi connectivity index (χ0v) is 19.8. The topological polar surface area (TPSA) is 81.4 Å². The average molecular weight is 485 g/mol. The summed E-state index contributed by atoms with van der Waals surface area (Å²) in [6.45, 7) is 0.580. The van der Waals surface area contributed by atoms with E-state index in [4.69, 9.17) is 22.1 Å². The molecule has 0 aromatic heterocycles. The van der Waals surface area contributed by atoms with Gasteiger partial charge >= 0.3 is 0 Å². The van der Waals surface area contributed by atoms with Crippen molar-refractivity contribution in [1.29, 1.82) is 0 Å². The van der Waals surface area contributed by atoms with Gasteiger partial charge in [-0.1, -0.05) is 29.8 Å². The summed E-state index contributed by atoms with van der Waals surface area (Å²) in [5, 5.41) is 0.732. The van der Waals surface area contributed by atoms with Gasteiger partial charge in [-0.25, -0.2) is 13.1 Å². The van der Waals surface area contributed by atoms with E-state index in [9.17, 15) is 8.42 Å². The number of nitrogens with one attached hydrogen (secondary N) is 1. The molecule has 31 heavy (non-hydrogen) atoms. The highest BCUT2D eigenvalue weighted by molar-refractivity contribution is 7.89. The Morgan fingerprint density at radius 1 is 1.10 bits per heavy atom. The van der Waals surface area contributed by atoms with Gasteiger partial charge in [-0.3, -0.25) is 0 Å². The van der Waals surface area contributed by atoms with E-state index in [1.807, 2.05) is 18.2 Å². The highest BCUT2D eigenvalue weighted by Crippen LogP contribution is 2.36. The van der Waals surface area contributed by atoms with E-state index in [-0.39, 0.29) is 36.7 Å². The fourth-order valence-electron chi connectivity index (χ4n) is 4.15. The molecular formula is C23H30Cl2N2O3S. The lowest BCUT2D eigenvalue weighted by Crippen LogP contribution is -2.34. The predicted octanol–water partition coefficient (Wildman–Crippen LogP) is 4.07. The van der Waals surface area contributed by atoms with E-state index in [0.717, 1.165) is 42.9 Å². The molecule has 0 aliphatic heterocycles. The Morgan fingerprint density at radius 3 is 2.55 bits per heavy atom. The van der Waals surface area contributed by atoms with E-state index < -0.39 is 10.0 Å². The van der Waals surface area contributed by atoms with Gasteiger partial charge in [0.25, 0.3) is 0 Å². The number of hydrogen-bond donors (Lipinski definition) is 2. The van der Waals surface area contributed by atoms with Crippen molar-refractivity contribution in [1.82, 2.24) is 4.72 Å². The minimum absolute atomic E-state index is 0. The molecule has 2 aromatic rings. The van der Waals surface area contributed by atoms with Gasteiger partial charge in [-0.2, -0.15) is 0 Å². The summed E-state index contributed by atoms with van der Waals surface area (Å²) in [4.78, 5) is 0. The minimum Gasteiger partial charge on any atom is -0.492 e. The number of fused-ring (bicyclic) bond motifs is 1. The lowest BCUT2D eigenvalue weighted by atomic mass is 9.76. The van der Waals surface area contributed by atoms with E-state index >= 15 is 0 Å². The van der Waals surface area contributed by atoms with Crippen molar-refractivity contribution in [2.45, 2.75) is 44.1 Å². The molecule has 0 heterocycles. The highest BCUT2D eigenvalue weighted by atomic mass is 35.5. The van der Waals surface area contributed by atoms with Crippen LogP contribution in [0.25, 0.3) is 0 Å². The lowest BCUT2D eigenvalue weighted by Gasteiger charge is -2.32. The van der Waals surface area contributed by atoms with Crippen LogP contribution in [0.5, 0.6) is 5.75 Å². The van der Waals surface area contributed by atoms with Gasteiger partial charge in [0.1, 0.15) is 12.4 Å². The van der Waals surface area contributed by atoms with Crippen LogP contribution in [0.4, 0.5) is 0 Å². The maximum Gasteiger partial charge on any atom is 0.211 e. The number of ether oxygens (including phenoxy) is 1. The van der Waals surface area contributed by atoms with Crippen LogP contribution in [0.3, 0.4) is 0 Å². The monoisotopic (exact) mass is 484 g/mol. The van der Waals surface area contributed by atoms with Gasteiger partial charge in [0.05, 0.1) is 5.75 Å². The summed E-state index contributed by atoms with van der Waals surface area (Å²) < 4.78 is 32.4. The smallest absolute Gasteiger partial charge is 0.211 e. The fraction of sp³-hybridized carbons (Fsp3) is 0.478. The van der Waals surface area contributed by atoms with Gasteiger partial charge in [0.15, 0.2) is 0 Å². The molecule has 3 N–H and O–H groups in total. The maximum absolute atomic E-state index is 12.0. The molecule has 0 spiro atoms. The number of rotatable bonds is 9. The number of halogens is 2. The molecule has 2 aliphatic rings. The van der Waals surface area contributed by atoms with Crippen molar-refractivity contribution in [2.24, 2.45) is 11.7 Å². The molecule has 170 valence electrons. The molecule has 8 heteroatoms. The first-order chi connectivity index (χ1) is 14.4. The largest absolute Gasteiger partial charge is 0.492 e. The summed E-state index contributed by atoms with van der Waals surface area (Å²) in [5.74, 6) is 1.54. The third-order valence-electron chi connectivity index (χ3n) is 5.99. The molecule has 5 nitrogen and oxygen atoms in total. The first-order valence-corrected chi connectivity index (χ1v) is 12.7. The van der Waals surface area contributed by atoms with Crippen LogP contribution in [0.2, 0.25) is 5.02 Å². The van der Waals surface area contributed by atoms with Crippen LogP contribution in [0.1, 0.15) is 41.9 Å². The first-order valence-electron chi connectivity index (χ1n) is 10.6. The van der Waals surface area contributed by atoms with E-state index in [2.05, 4.69) is 29.0 Å². The average Bonchev–Trinajstić information content (AvgIpc) is 3.52. The molecule has 1 saturated carbocycles. The molecular weight excluding hydrogens is 455 g/mol. The standard InChI is InChI=1S/C23H29ClN2O3S.ClH/c24-19-7-3-16(4-8-19)13-22-21-14-20(9-5-18(21)6-10-23(22)25)29-12-11-26-30(27,28)15-17-1-2-17;/h3-5,7-9,14,17,22-23,26H,1-2,6,10-13,15,25H2;1H. The van der Waals surface area contributed by atoms with Gasteiger partial charge in [0, 0.05) is 23.5 Å². The Kier molecular flexibility index (Phi) is 8.27. The summed E-state index contributed by atoms with van der Waals surface area (Å²) >= 11 is 6.02. The van der Waals surface area contributed by atoms with E-state index in [1.165, 1.54) is 16.7 Å². The summed E-state index contributed by atoms with van der Waals surface area (Å²) in [5.41, 5.74) is 10.2. The van der Waals surface area contributed by atoms with Gasteiger partial charge in [0.2, 0.25) is 10.0 Å². The van der Waals surface area contributed by atoms with Crippen LogP contribution in [-0.4, -0.2) is 33.4 Å². The molecule has 0 amide bonds. The van der Waals surface area contributed by atoms with Crippen molar-refractivity contribution < 1.29 is 13.2 Å². The predicted molar refractivity (Wildman–Crippen MR) is 128 cm³/mol. The second-order valence-corrected chi connectivity index (χ2v) is 10.8. The Morgan fingerprint density at radius 2 is 1.84 bits per heavy atom. The highest BCUT2D eigenvalue weighted by Gasteiger charge is 2.28. The van der Waals surface area contributed by atoms with E-state index in [1.54, 1.807) is 0 Å². The Hall–Kier alpha value is -1.31. The number of aryl methyl sites for hydroxylation is 1. The summed E-state index contributed by atoms with van der Waals surface area (Å²) in [6, 6.07) is 14.2. The van der Waals surface area contributed by atoms with Gasteiger partial charge < -0.3 is 10.5 Å². The normalized spacial score (nSPS) is 20.6. The second-order valence-electron chi connectivity index (χ2n) is 8.47. The van der Waals surface area contributed by atoms with Crippen LogP contribution in [0.15, 0.2) is 42.5 Å². The first kappa shape index (κ1) is 24.3.